The zero-order valence-electron chi connectivity index (χ0n) is 23.8. The lowest BCUT2D eigenvalue weighted by Crippen LogP contribution is -2.41. The van der Waals surface area contributed by atoms with Crippen molar-refractivity contribution in [1.29, 1.82) is 0 Å². The Hall–Kier alpha value is -2.71. The molecule has 0 spiro atoms. The van der Waals surface area contributed by atoms with Crippen molar-refractivity contribution in [1.82, 2.24) is 19.0 Å². The summed E-state index contributed by atoms with van der Waals surface area (Å²) in [4.78, 5) is 4.58. The van der Waals surface area contributed by atoms with E-state index in [4.69, 9.17) is 8.95 Å². The van der Waals surface area contributed by atoms with Gasteiger partial charge in [0.25, 0.3) is 0 Å². The summed E-state index contributed by atoms with van der Waals surface area (Å²) in [5.41, 5.74) is 2.69. The minimum atomic E-state index is -3.10. The summed E-state index contributed by atoms with van der Waals surface area (Å²) in [5.74, 6) is 9.23. The highest BCUT2D eigenvalue weighted by atomic mass is 32.2. The first-order chi connectivity index (χ1) is 18.2. The second-order valence-corrected chi connectivity index (χ2v) is 19.1. The van der Waals surface area contributed by atoms with Crippen LogP contribution in [0.5, 0.6) is 0 Å². The first-order valence-corrected chi connectivity index (χ1v) is 18.2. The Labute approximate surface area is 232 Å². The van der Waals surface area contributed by atoms with Gasteiger partial charge in [0.1, 0.15) is 17.6 Å². The van der Waals surface area contributed by atoms with E-state index in [2.05, 4.69) is 67.3 Å². The van der Waals surface area contributed by atoms with E-state index >= 15 is 0 Å². The number of aromatic nitrogens is 3. The molecule has 4 atom stereocenters. The van der Waals surface area contributed by atoms with E-state index in [-0.39, 0.29) is 11.1 Å². The molecule has 2 fully saturated rings. The number of hydrogen-bond acceptors (Lipinski definition) is 6. The van der Waals surface area contributed by atoms with Crippen LogP contribution in [0.1, 0.15) is 50.9 Å². The molecular formula is C29H38N4O4SSi. The van der Waals surface area contributed by atoms with Crippen molar-refractivity contribution in [3.63, 3.8) is 0 Å². The van der Waals surface area contributed by atoms with Gasteiger partial charge in [-0.05, 0) is 61.2 Å². The van der Waals surface area contributed by atoms with E-state index in [1.54, 1.807) is 10.5 Å². The van der Waals surface area contributed by atoms with Crippen LogP contribution < -0.4 is 0 Å². The van der Waals surface area contributed by atoms with Crippen LogP contribution >= 0.6 is 0 Å². The topological polar surface area (TPSA) is 90.5 Å². The minimum absolute atomic E-state index is 0.116. The standard InChI is InChI=1S/C29H38N4O4SSi/c1-20(37-39(6,7)29(2,3)4)28-30-14-15-32(28)17-23-16-27(36-31-23)22-11-8-21(9-12-22)10-13-24-25-18-33(19-26(24)25)38(5,34)35/h8-9,11-12,14-16,20,24-26H,17-19H2,1-7H3/t20?,24?,25-,26+. The Balaban J connectivity index is 1.20. The molecule has 2 unspecified atom stereocenters. The second kappa shape index (κ2) is 10.0. The molecule has 3 heterocycles. The maximum absolute atomic E-state index is 11.7. The van der Waals surface area contributed by atoms with Crippen LogP contribution in [0, 0.1) is 29.6 Å². The molecule has 0 N–H and O–H groups in total. The Morgan fingerprint density at radius 3 is 2.46 bits per heavy atom. The normalized spacial score (nSPS) is 22.3. The smallest absolute Gasteiger partial charge is 0.211 e. The SMILES string of the molecule is CC(O[Si](C)(C)C(C)(C)C)c1nccn1Cc1cc(-c2ccc(C#CC3[C@H]4CN(S(C)(=O)=O)C[C@@H]34)cc2)on1. The number of nitrogens with zero attached hydrogens (tertiary/aromatic N) is 4. The summed E-state index contributed by atoms with van der Waals surface area (Å²) in [5, 5.41) is 4.42. The van der Waals surface area contributed by atoms with E-state index in [1.165, 1.54) is 6.26 Å². The van der Waals surface area contributed by atoms with Crippen LogP contribution in [0.4, 0.5) is 0 Å². The summed E-state index contributed by atoms with van der Waals surface area (Å²) >= 11 is 0. The van der Waals surface area contributed by atoms with Gasteiger partial charge in [0.05, 0.1) is 12.8 Å². The van der Waals surface area contributed by atoms with Crippen molar-refractivity contribution >= 4 is 18.3 Å². The molecule has 1 aliphatic heterocycles. The van der Waals surface area contributed by atoms with Crippen LogP contribution in [0.25, 0.3) is 11.3 Å². The van der Waals surface area contributed by atoms with Gasteiger partial charge >= 0.3 is 0 Å². The zero-order chi connectivity index (χ0) is 28.2. The molecule has 2 aliphatic rings. The number of imidazole rings is 1. The van der Waals surface area contributed by atoms with E-state index in [1.807, 2.05) is 36.5 Å². The summed E-state index contributed by atoms with van der Waals surface area (Å²) in [7, 11) is -5.02. The van der Waals surface area contributed by atoms with Gasteiger partial charge in [-0.25, -0.2) is 17.7 Å². The summed E-state index contributed by atoms with van der Waals surface area (Å²) in [6.45, 7) is 15.0. The Morgan fingerprint density at radius 1 is 1.18 bits per heavy atom. The number of fused-ring (bicyclic) bond motifs is 1. The largest absolute Gasteiger partial charge is 0.407 e. The summed E-state index contributed by atoms with van der Waals surface area (Å²) < 4.78 is 39.3. The molecule has 1 aromatic carbocycles. The first kappa shape index (κ1) is 27.8. The highest BCUT2D eigenvalue weighted by Gasteiger charge is 2.56. The maximum Gasteiger partial charge on any atom is 0.211 e. The van der Waals surface area contributed by atoms with Crippen LogP contribution in [0.2, 0.25) is 18.1 Å². The molecule has 0 bridgehead atoms. The van der Waals surface area contributed by atoms with Crippen molar-refractivity contribution in [2.45, 2.75) is 58.5 Å². The van der Waals surface area contributed by atoms with Gasteiger partial charge in [-0.15, -0.1) is 0 Å². The average molecular weight is 567 g/mol. The third-order valence-corrected chi connectivity index (χ3v) is 14.3. The minimum Gasteiger partial charge on any atom is -0.407 e. The molecule has 1 saturated heterocycles. The van der Waals surface area contributed by atoms with Gasteiger partial charge in [0.15, 0.2) is 14.1 Å². The molecular weight excluding hydrogens is 528 g/mol. The lowest BCUT2D eigenvalue weighted by atomic mass is 10.1. The third kappa shape index (κ3) is 5.92. The molecule has 8 nitrogen and oxygen atoms in total. The van der Waals surface area contributed by atoms with Gasteiger partial charge in [-0.2, -0.15) is 0 Å². The van der Waals surface area contributed by atoms with Crippen LogP contribution in [-0.4, -0.2) is 55.1 Å². The quantitative estimate of drug-likeness (QED) is 0.290. The predicted octanol–water partition coefficient (Wildman–Crippen LogP) is 5.16. The maximum atomic E-state index is 11.7. The third-order valence-electron chi connectivity index (χ3n) is 8.46. The van der Waals surface area contributed by atoms with Crippen molar-refractivity contribution in [2.24, 2.45) is 17.8 Å². The average Bonchev–Trinajstić information content (AvgIpc) is 3.33. The van der Waals surface area contributed by atoms with Crippen molar-refractivity contribution in [3.05, 3.63) is 59.8 Å². The van der Waals surface area contributed by atoms with Gasteiger partial charge in [-0.3, -0.25) is 0 Å². The van der Waals surface area contributed by atoms with E-state index in [0.717, 1.165) is 22.6 Å². The molecule has 5 rings (SSSR count). The zero-order valence-corrected chi connectivity index (χ0v) is 25.6. The number of sulfonamides is 1. The first-order valence-electron chi connectivity index (χ1n) is 13.4. The van der Waals surface area contributed by atoms with Gasteiger partial charge in [-0.1, -0.05) is 37.8 Å². The van der Waals surface area contributed by atoms with E-state index in [9.17, 15) is 8.42 Å². The fourth-order valence-corrected chi connectivity index (χ4v) is 7.27. The number of hydrogen-bond donors (Lipinski definition) is 0. The molecule has 3 aromatic rings. The monoisotopic (exact) mass is 566 g/mol. The molecule has 39 heavy (non-hydrogen) atoms. The summed E-state index contributed by atoms with van der Waals surface area (Å²) in [6, 6.07) is 9.91. The van der Waals surface area contributed by atoms with Crippen molar-refractivity contribution in [3.8, 4) is 23.2 Å². The van der Waals surface area contributed by atoms with Gasteiger partial charge in [0.2, 0.25) is 10.0 Å². The molecule has 0 radical (unpaired) electrons. The van der Waals surface area contributed by atoms with Crippen LogP contribution in [-0.2, 0) is 21.0 Å². The molecule has 1 aliphatic carbocycles. The highest BCUT2D eigenvalue weighted by molar-refractivity contribution is 7.88. The fraction of sp³-hybridized carbons (Fsp3) is 0.517. The Kier molecular flexibility index (Phi) is 7.16. The van der Waals surface area contributed by atoms with E-state index < -0.39 is 18.3 Å². The summed E-state index contributed by atoms with van der Waals surface area (Å²) in [6.07, 6.45) is 4.92. The van der Waals surface area contributed by atoms with Crippen molar-refractivity contribution < 1.29 is 17.4 Å². The predicted molar refractivity (Wildman–Crippen MR) is 154 cm³/mol. The van der Waals surface area contributed by atoms with Crippen LogP contribution in [0.15, 0.2) is 47.2 Å². The fourth-order valence-electron chi connectivity index (χ4n) is 5.04. The lowest BCUT2D eigenvalue weighted by Gasteiger charge is -2.38. The second-order valence-electron chi connectivity index (χ2n) is 12.4. The van der Waals surface area contributed by atoms with Gasteiger partial charge in [0, 0.05) is 48.6 Å². The molecule has 0 amide bonds. The van der Waals surface area contributed by atoms with Gasteiger partial charge < -0.3 is 13.5 Å². The number of piperidine rings is 1. The Morgan fingerprint density at radius 2 is 1.85 bits per heavy atom. The molecule has 1 saturated carbocycles. The highest BCUT2D eigenvalue weighted by Crippen LogP contribution is 2.51. The lowest BCUT2D eigenvalue weighted by molar-refractivity contribution is 0.189. The molecule has 208 valence electrons. The van der Waals surface area contributed by atoms with E-state index in [0.29, 0.717) is 43.1 Å². The molecule has 10 heteroatoms. The van der Waals surface area contributed by atoms with Crippen molar-refractivity contribution in [2.75, 3.05) is 19.3 Å². The number of benzene rings is 1. The van der Waals surface area contributed by atoms with Crippen LogP contribution in [0.3, 0.4) is 0 Å². The Bertz CT molecular complexity index is 1500. The molecule has 2 aromatic heterocycles. The number of rotatable bonds is 7.